The molecule has 0 aromatic heterocycles. The second-order valence-electron chi connectivity index (χ2n) is 2.97. The highest BCUT2D eigenvalue weighted by Gasteiger charge is 2.27. The van der Waals surface area contributed by atoms with E-state index < -0.39 is 0 Å². The molecule has 0 aromatic carbocycles. The lowest BCUT2D eigenvalue weighted by Crippen LogP contribution is -2.22. The molecular weight excluding hydrogens is 114 g/mol. The van der Waals surface area contributed by atoms with Crippen molar-refractivity contribution < 1.29 is 4.74 Å². The Hall–Kier alpha value is -0.0800. The molecule has 0 amide bonds. The molecule has 1 fully saturated rings. The van der Waals surface area contributed by atoms with Crippen LogP contribution in [0.25, 0.3) is 0 Å². The molecule has 2 N–H and O–H groups in total. The summed E-state index contributed by atoms with van der Waals surface area (Å²) in [4.78, 5) is 0. The van der Waals surface area contributed by atoms with E-state index in [1.165, 1.54) is 0 Å². The molecule has 1 unspecified atom stereocenters. The van der Waals surface area contributed by atoms with Crippen LogP contribution in [0.2, 0.25) is 0 Å². The Morgan fingerprint density at radius 3 is 2.33 bits per heavy atom. The zero-order valence-corrected chi connectivity index (χ0v) is 6.13. The normalized spacial score (nSPS) is 43.7. The summed E-state index contributed by atoms with van der Waals surface area (Å²) in [7, 11) is 1.76. The fourth-order valence-electron chi connectivity index (χ4n) is 1.41. The average molecular weight is 129 g/mol. The van der Waals surface area contributed by atoms with Crippen molar-refractivity contribution in [1.82, 2.24) is 0 Å². The number of hydrogen-bond acceptors (Lipinski definition) is 2. The van der Waals surface area contributed by atoms with E-state index >= 15 is 0 Å². The van der Waals surface area contributed by atoms with Crippen LogP contribution in [0.15, 0.2) is 0 Å². The van der Waals surface area contributed by atoms with Gasteiger partial charge in [0.1, 0.15) is 0 Å². The average Bonchev–Trinajstić information content (AvgIpc) is 2.13. The second-order valence-corrected chi connectivity index (χ2v) is 2.97. The van der Waals surface area contributed by atoms with Gasteiger partial charge in [0.2, 0.25) is 0 Å². The maximum atomic E-state index is 5.76. The van der Waals surface area contributed by atoms with Gasteiger partial charge < -0.3 is 10.5 Å². The fourth-order valence-corrected chi connectivity index (χ4v) is 1.41. The monoisotopic (exact) mass is 129 g/mol. The summed E-state index contributed by atoms with van der Waals surface area (Å²) in [6, 6.07) is 0.370. The lowest BCUT2D eigenvalue weighted by Gasteiger charge is -2.04. The van der Waals surface area contributed by atoms with Crippen LogP contribution in [-0.2, 0) is 4.74 Å². The number of ether oxygens (including phenoxy) is 1. The van der Waals surface area contributed by atoms with Gasteiger partial charge >= 0.3 is 0 Å². The minimum Gasteiger partial charge on any atom is -0.381 e. The van der Waals surface area contributed by atoms with Crippen molar-refractivity contribution >= 4 is 0 Å². The minimum absolute atomic E-state index is 0.370. The van der Waals surface area contributed by atoms with Gasteiger partial charge in [-0.2, -0.15) is 0 Å². The van der Waals surface area contributed by atoms with Gasteiger partial charge in [0, 0.05) is 13.2 Å². The largest absolute Gasteiger partial charge is 0.381 e. The Kier molecular flexibility index (Phi) is 2.09. The molecule has 9 heavy (non-hydrogen) atoms. The predicted octanol–water partition coefficient (Wildman–Crippen LogP) is 0.759. The summed E-state index contributed by atoms with van der Waals surface area (Å²) in [5, 5.41) is 0. The lowest BCUT2D eigenvalue weighted by molar-refractivity contribution is 0.105. The van der Waals surface area contributed by atoms with Gasteiger partial charge in [-0.3, -0.25) is 0 Å². The third-order valence-corrected chi connectivity index (χ3v) is 2.23. The highest BCUT2D eigenvalue weighted by Crippen LogP contribution is 2.25. The van der Waals surface area contributed by atoms with Crippen LogP contribution in [0.1, 0.15) is 19.8 Å². The molecule has 2 heteroatoms. The van der Waals surface area contributed by atoms with Crippen LogP contribution >= 0.6 is 0 Å². The number of rotatable bonds is 1. The van der Waals surface area contributed by atoms with Crippen LogP contribution in [-0.4, -0.2) is 19.3 Å². The molecule has 0 heterocycles. The summed E-state index contributed by atoms with van der Waals surface area (Å²) in [5.74, 6) is 0.648. The third-order valence-electron chi connectivity index (χ3n) is 2.23. The van der Waals surface area contributed by atoms with Crippen molar-refractivity contribution in [2.75, 3.05) is 7.11 Å². The highest BCUT2D eigenvalue weighted by atomic mass is 16.5. The molecule has 0 spiro atoms. The van der Waals surface area contributed by atoms with E-state index in [0.717, 1.165) is 12.8 Å². The molecule has 3 atom stereocenters. The molecular formula is C7H15NO. The summed E-state index contributed by atoms with van der Waals surface area (Å²) >= 11 is 0. The Morgan fingerprint density at radius 2 is 2.11 bits per heavy atom. The third kappa shape index (κ3) is 1.43. The van der Waals surface area contributed by atoms with Crippen molar-refractivity contribution in [3.63, 3.8) is 0 Å². The molecule has 0 aliphatic heterocycles. The molecule has 2 nitrogen and oxygen atoms in total. The first-order chi connectivity index (χ1) is 4.24. The van der Waals surface area contributed by atoms with Gasteiger partial charge in [-0.15, -0.1) is 0 Å². The number of methoxy groups -OCH3 is 1. The summed E-state index contributed by atoms with van der Waals surface area (Å²) in [5.41, 5.74) is 5.76. The molecule has 1 saturated carbocycles. The van der Waals surface area contributed by atoms with Crippen molar-refractivity contribution in [2.45, 2.75) is 31.9 Å². The topological polar surface area (TPSA) is 35.2 Å². The van der Waals surface area contributed by atoms with Crippen molar-refractivity contribution in [1.29, 1.82) is 0 Å². The molecule has 0 aromatic rings. The molecule has 0 bridgehead atoms. The van der Waals surface area contributed by atoms with Crippen LogP contribution in [0.5, 0.6) is 0 Å². The van der Waals surface area contributed by atoms with Gasteiger partial charge in [-0.25, -0.2) is 0 Å². The molecule has 0 saturated heterocycles. The van der Waals surface area contributed by atoms with Crippen LogP contribution in [0.4, 0.5) is 0 Å². The molecule has 0 radical (unpaired) electrons. The van der Waals surface area contributed by atoms with Gasteiger partial charge in [-0.05, 0) is 18.8 Å². The van der Waals surface area contributed by atoms with Crippen molar-refractivity contribution in [2.24, 2.45) is 11.7 Å². The summed E-state index contributed by atoms with van der Waals surface area (Å²) in [6.45, 7) is 2.18. The van der Waals surface area contributed by atoms with Crippen molar-refractivity contribution in [3.8, 4) is 0 Å². The van der Waals surface area contributed by atoms with Gasteiger partial charge in [0.05, 0.1) is 6.10 Å². The first-order valence-corrected chi connectivity index (χ1v) is 3.52. The summed E-state index contributed by atoms with van der Waals surface area (Å²) in [6.07, 6.45) is 2.60. The smallest absolute Gasteiger partial charge is 0.0589 e. The second kappa shape index (κ2) is 2.67. The van der Waals surface area contributed by atoms with Gasteiger partial charge in [-0.1, -0.05) is 6.92 Å². The van der Waals surface area contributed by atoms with E-state index in [0.29, 0.717) is 18.1 Å². The Morgan fingerprint density at radius 1 is 1.44 bits per heavy atom. The molecule has 1 rings (SSSR count). The summed E-state index contributed by atoms with van der Waals surface area (Å²) < 4.78 is 5.17. The first-order valence-electron chi connectivity index (χ1n) is 3.52. The lowest BCUT2D eigenvalue weighted by atomic mass is 10.1. The quantitative estimate of drug-likeness (QED) is 0.567. The zero-order chi connectivity index (χ0) is 6.85. The van der Waals surface area contributed by atoms with E-state index in [2.05, 4.69) is 6.92 Å². The van der Waals surface area contributed by atoms with E-state index in [4.69, 9.17) is 10.5 Å². The first kappa shape index (κ1) is 7.03. The molecule has 54 valence electrons. The van der Waals surface area contributed by atoms with Gasteiger partial charge in [0.25, 0.3) is 0 Å². The fraction of sp³-hybridized carbons (Fsp3) is 1.00. The number of nitrogens with two attached hydrogens (primary N) is 1. The molecule has 1 aliphatic carbocycles. The Balaban J connectivity index is 2.35. The maximum Gasteiger partial charge on any atom is 0.0589 e. The van der Waals surface area contributed by atoms with Crippen LogP contribution < -0.4 is 5.73 Å². The van der Waals surface area contributed by atoms with Crippen molar-refractivity contribution in [3.05, 3.63) is 0 Å². The van der Waals surface area contributed by atoms with E-state index in [1.807, 2.05) is 0 Å². The number of hydrogen-bond donors (Lipinski definition) is 1. The Bertz CT molecular complexity index is 84.9. The Labute approximate surface area is 56.4 Å². The van der Waals surface area contributed by atoms with Crippen LogP contribution in [0.3, 0.4) is 0 Å². The zero-order valence-electron chi connectivity index (χ0n) is 6.13. The SMILES string of the molecule is COC1C[C@@H](C)[C@H](N)C1. The highest BCUT2D eigenvalue weighted by molar-refractivity contribution is 4.83. The standard InChI is InChI=1S/C7H15NO/c1-5-3-6(9-2)4-7(5)8/h5-7H,3-4,8H2,1-2H3/t5-,6?,7-/m1/s1. The maximum absolute atomic E-state index is 5.76. The minimum atomic E-state index is 0.370. The van der Waals surface area contributed by atoms with Gasteiger partial charge in [0.15, 0.2) is 0 Å². The van der Waals surface area contributed by atoms with E-state index in [9.17, 15) is 0 Å². The van der Waals surface area contributed by atoms with E-state index in [-0.39, 0.29) is 0 Å². The predicted molar refractivity (Wildman–Crippen MR) is 37.2 cm³/mol. The molecule has 1 aliphatic rings. The van der Waals surface area contributed by atoms with Crippen LogP contribution in [0, 0.1) is 5.92 Å². The van der Waals surface area contributed by atoms with E-state index in [1.54, 1.807) is 7.11 Å².